The first-order valence-electron chi connectivity index (χ1n) is 12.9. The predicted molar refractivity (Wildman–Crippen MR) is 151 cm³/mol. The molecule has 0 bridgehead atoms. The summed E-state index contributed by atoms with van der Waals surface area (Å²) in [5, 5.41) is 2.87. The summed E-state index contributed by atoms with van der Waals surface area (Å²) in [6, 6.07) is 17.9. The van der Waals surface area contributed by atoms with E-state index >= 15 is 0 Å². The fourth-order valence-corrected chi connectivity index (χ4v) is 5.39. The molecule has 0 heterocycles. The summed E-state index contributed by atoms with van der Waals surface area (Å²) in [5.41, 5.74) is 2.99. The van der Waals surface area contributed by atoms with Gasteiger partial charge in [0.15, 0.2) is 0 Å². The molecule has 0 aliphatic carbocycles. The molecule has 0 aliphatic rings. The van der Waals surface area contributed by atoms with Gasteiger partial charge in [0.25, 0.3) is 10.0 Å². The first-order valence-corrected chi connectivity index (χ1v) is 14.3. The summed E-state index contributed by atoms with van der Waals surface area (Å²) < 4.78 is 42.0. The SMILES string of the molecule is Cc1ccc(N(CC(=O)N(Cc2ccccc2C)C(C)C(=O)NCC(C)C)S(=O)(=O)c2ccc(F)cc2)cc1. The largest absolute Gasteiger partial charge is 0.354 e. The Morgan fingerprint density at radius 2 is 1.51 bits per heavy atom. The molecule has 0 aromatic heterocycles. The van der Waals surface area contributed by atoms with Gasteiger partial charge < -0.3 is 10.2 Å². The Kier molecular flexibility index (Phi) is 9.86. The van der Waals surface area contributed by atoms with Gasteiger partial charge >= 0.3 is 0 Å². The van der Waals surface area contributed by atoms with Crippen LogP contribution in [-0.2, 0) is 26.2 Å². The van der Waals surface area contributed by atoms with Crippen molar-refractivity contribution in [2.24, 2.45) is 5.92 Å². The second-order valence-corrected chi connectivity index (χ2v) is 11.9. The van der Waals surface area contributed by atoms with Gasteiger partial charge in [0.2, 0.25) is 11.8 Å². The number of amides is 2. The van der Waals surface area contributed by atoms with Crippen molar-refractivity contribution in [3.05, 3.63) is 95.3 Å². The van der Waals surface area contributed by atoms with E-state index in [1.165, 1.54) is 17.0 Å². The Morgan fingerprint density at radius 3 is 2.10 bits per heavy atom. The maximum absolute atomic E-state index is 13.9. The number of aryl methyl sites for hydroxylation is 2. The van der Waals surface area contributed by atoms with Crippen molar-refractivity contribution in [2.45, 2.75) is 52.1 Å². The van der Waals surface area contributed by atoms with Gasteiger partial charge in [0, 0.05) is 13.1 Å². The van der Waals surface area contributed by atoms with Crippen molar-refractivity contribution >= 4 is 27.5 Å². The lowest BCUT2D eigenvalue weighted by molar-refractivity contribution is -0.139. The van der Waals surface area contributed by atoms with Crippen LogP contribution >= 0.6 is 0 Å². The van der Waals surface area contributed by atoms with Gasteiger partial charge in [0.05, 0.1) is 10.6 Å². The Hall–Kier alpha value is -3.72. The molecule has 1 N–H and O–H groups in total. The molecule has 0 saturated heterocycles. The smallest absolute Gasteiger partial charge is 0.264 e. The third kappa shape index (κ3) is 7.66. The highest BCUT2D eigenvalue weighted by Gasteiger charge is 2.32. The average Bonchev–Trinajstić information content (AvgIpc) is 2.90. The number of hydrogen-bond donors (Lipinski definition) is 1. The molecule has 0 spiro atoms. The molecule has 1 atom stereocenters. The van der Waals surface area contributed by atoms with Crippen molar-refractivity contribution < 1.29 is 22.4 Å². The lowest BCUT2D eigenvalue weighted by atomic mass is 10.1. The lowest BCUT2D eigenvalue weighted by Gasteiger charge is -2.32. The third-order valence-corrected chi connectivity index (χ3v) is 8.24. The Labute approximate surface area is 230 Å². The molecular weight excluding hydrogens is 517 g/mol. The number of anilines is 1. The van der Waals surface area contributed by atoms with Crippen LogP contribution in [0.2, 0.25) is 0 Å². The first-order chi connectivity index (χ1) is 18.4. The second-order valence-electron chi connectivity index (χ2n) is 10.1. The van der Waals surface area contributed by atoms with E-state index in [0.29, 0.717) is 6.54 Å². The van der Waals surface area contributed by atoms with Crippen molar-refractivity contribution in [1.82, 2.24) is 10.2 Å². The fraction of sp³-hybridized carbons (Fsp3) is 0.333. The number of rotatable bonds is 11. The van der Waals surface area contributed by atoms with Crippen LogP contribution in [0.25, 0.3) is 0 Å². The van der Waals surface area contributed by atoms with E-state index in [2.05, 4.69) is 5.32 Å². The van der Waals surface area contributed by atoms with Gasteiger partial charge in [-0.15, -0.1) is 0 Å². The van der Waals surface area contributed by atoms with Crippen LogP contribution < -0.4 is 9.62 Å². The standard InChI is InChI=1S/C30H36FN3O4S/c1-21(2)18-32-30(36)24(5)33(19-25-9-7-6-8-23(25)4)29(35)20-34(27-14-10-22(3)11-15-27)39(37,38)28-16-12-26(31)13-17-28/h6-17,21,24H,18-20H2,1-5H3,(H,32,36). The van der Waals surface area contributed by atoms with E-state index in [1.54, 1.807) is 31.2 Å². The maximum Gasteiger partial charge on any atom is 0.264 e. The summed E-state index contributed by atoms with van der Waals surface area (Å²) in [6.07, 6.45) is 0. The maximum atomic E-state index is 13.9. The number of halogens is 1. The normalized spacial score (nSPS) is 12.2. The monoisotopic (exact) mass is 553 g/mol. The Bertz CT molecular complexity index is 1390. The Balaban J connectivity index is 2.01. The summed E-state index contributed by atoms with van der Waals surface area (Å²) in [6.45, 7) is 9.40. The third-order valence-electron chi connectivity index (χ3n) is 6.46. The van der Waals surface area contributed by atoms with Crippen LogP contribution in [0.4, 0.5) is 10.1 Å². The van der Waals surface area contributed by atoms with Crippen LogP contribution in [0.1, 0.15) is 37.5 Å². The minimum Gasteiger partial charge on any atom is -0.354 e. The highest BCUT2D eigenvalue weighted by Crippen LogP contribution is 2.25. The lowest BCUT2D eigenvalue weighted by Crippen LogP contribution is -2.51. The fourth-order valence-electron chi connectivity index (χ4n) is 3.98. The van der Waals surface area contributed by atoms with E-state index < -0.39 is 34.3 Å². The summed E-state index contributed by atoms with van der Waals surface area (Å²) in [7, 11) is -4.24. The van der Waals surface area contributed by atoms with Gasteiger partial charge in [0.1, 0.15) is 18.4 Å². The van der Waals surface area contributed by atoms with Gasteiger partial charge in [-0.05, 0) is 74.2 Å². The Morgan fingerprint density at radius 1 is 0.897 bits per heavy atom. The summed E-state index contributed by atoms with van der Waals surface area (Å²) in [5.74, 6) is -1.22. The topological polar surface area (TPSA) is 86.8 Å². The minimum absolute atomic E-state index is 0.125. The zero-order valence-electron chi connectivity index (χ0n) is 23.0. The van der Waals surface area contributed by atoms with E-state index in [4.69, 9.17) is 0 Å². The van der Waals surface area contributed by atoms with Gasteiger partial charge in [-0.25, -0.2) is 12.8 Å². The van der Waals surface area contributed by atoms with Crippen molar-refractivity contribution in [2.75, 3.05) is 17.4 Å². The molecule has 3 aromatic carbocycles. The summed E-state index contributed by atoms with van der Waals surface area (Å²) in [4.78, 5) is 28.2. The highest BCUT2D eigenvalue weighted by atomic mass is 32.2. The van der Waals surface area contributed by atoms with Gasteiger partial charge in [-0.1, -0.05) is 55.8 Å². The number of nitrogens with zero attached hydrogens (tertiary/aromatic N) is 2. The average molecular weight is 554 g/mol. The van der Waals surface area contributed by atoms with Crippen molar-refractivity contribution in [3.8, 4) is 0 Å². The molecule has 0 aliphatic heterocycles. The van der Waals surface area contributed by atoms with Gasteiger partial charge in [-0.2, -0.15) is 0 Å². The second kappa shape index (κ2) is 12.9. The van der Waals surface area contributed by atoms with E-state index in [9.17, 15) is 22.4 Å². The van der Waals surface area contributed by atoms with Crippen LogP contribution in [0.5, 0.6) is 0 Å². The van der Waals surface area contributed by atoms with Crippen LogP contribution in [-0.4, -0.2) is 44.3 Å². The number of benzene rings is 3. The predicted octanol–water partition coefficient (Wildman–Crippen LogP) is 4.83. The zero-order chi connectivity index (χ0) is 28.7. The molecule has 3 rings (SSSR count). The molecule has 0 saturated carbocycles. The minimum atomic E-state index is -4.24. The molecule has 0 fully saturated rings. The molecule has 208 valence electrons. The van der Waals surface area contributed by atoms with E-state index in [1.807, 2.05) is 52.0 Å². The zero-order valence-corrected chi connectivity index (χ0v) is 23.8. The highest BCUT2D eigenvalue weighted by molar-refractivity contribution is 7.92. The summed E-state index contributed by atoms with van der Waals surface area (Å²) >= 11 is 0. The molecule has 7 nitrogen and oxygen atoms in total. The number of nitrogens with one attached hydrogen (secondary N) is 1. The molecule has 0 radical (unpaired) electrons. The molecular formula is C30H36FN3O4S. The molecule has 3 aromatic rings. The number of sulfonamides is 1. The van der Waals surface area contributed by atoms with E-state index in [0.717, 1.165) is 33.1 Å². The van der Waals surface area contributed by atoms with Crippen molar-refractivity contribution in [1.29, 1.82) is 0 Å². The first kappa shape index (κ1) is 29.8. The van der Waals surface area contributed by atoms with Crippen LogP contribution in [0.15, 0.2) is 77.7 Å². The number of carbonyl (C=O) groups excluding carboxylic acids is 2. The number of carbonyl (C=O) groups is 2. The quantitative estimate of drug-likeness (QED) is 0.369. The molecule has 1 unspecified atom stereocenters. The van der Waals surface area contributed by atoms with E-state index in [-0.39, 0.29) is 29.0 Å². The van der Waals surface area contributed by atoms with Crippen molar-refractivity contribution in [3.63, 3.8) is 0 Å². The molecule has 39 heavy (non-hydrogen) atoms. The molecule has 2 amide bonds. The van der Waals surface area contributed by atoms with Gasteiger partial charge in [-0.3, -0.25) is 13.9 Å². The molecule has 9 heteroatoms. The number of hydrogen-bond acceptors (Lipinski definition) is 4. The van der Waals surface area contributed by atoms with Crippen LogP contribution in [0.3, 0.4) is 0 Å². The van der Waals surface area contributed by atoms with Crippen LogP contribution in [0, 0.1) is 25.6 Å².